The second-order valence-electron chi connectivity index (χ2n) is 13.3. The normalized spacial score (nSPS) is 33.2. The van der Waals surface area contributed by atoms with Crippen molar-refractivity contribution in [3.8, 4) is 0 Å². The van der Waals surface area contributed by atoms with Crippen LogP contribution in [0.4, 0.5) is 0 Å². The van der Waals surface area contributed by atoms with Crippen LogP contribution < -0.4 is 0 Å². The van der Waals surface area contributed by atoms with E-state index in [1.54, 1.807) is 7.11 Å². The maximum atomic E-state index is 7.00. The zero-order chi connectivity index (χ0) is 31.2. The molecule has 2 aromatic carbocycles. The zero-order valence-electron chi connectivity index (χ0n) is 27.2. The summed E-state index contributed by atoms with van der Waals surface area (Å²) in [7, 11) is 1.75. The second-order valence-corrected chi connectivity index (χ2v) is 13.3. The highest BCUT2D eigenvalue weighted by atomic mass is 16.8. The lowest BCUT2D eigenvalue weighted by molar-refractivity contribution is -0.353. The first-order chi connectivity index (χ1) is 21.2. The molecule has 7 heteroatoms. The number of hydrogen-bond donors (Lipinski definition) is 0. The molecule has 0 saturated carbocycles. The Morgan fingerprint density at radius 3 is 2.20 bits per heavy atom. The Kier molecular flexibility index (Phi) is 11.3. The molecule has 242 valence electrons. The molecule has 0 bridgehead atoms. The minimum atomic E-state index is -0.716. The standard InChI is InChI=1S/C37H52O7/c1-7-26(2)33-35(43-36(4,5)42-33)34-31(38-6)19-21-37(44-34)20-18-27(3)32(41-37)22-30(40-24-29-16-12-9-13-17-29)25-39-23-28-14-10-8-11-15-28/h7-17,26-27,30-35H,1,18-25H2,2-6H3/t26-,27-,30+,31-,32+,33-,34-,35-,37-/m0/s1. The molecule has 0 radical (unpaired) electrons. The van der Waals surface area contributed by atoms with Crippen LogP contribution in [0.25, 0.3) is 0 Å². The Bertz CT molecular complexity index is 1160. The van der Waals surface area contributed by atoms with E-state index in [2.05, 4.69) is 44.7 Å². The molecule has 3 heterocycles. The fourth-order valence-corrected chi connectivity index (χ4v) is 6.80. The highest BCUT2D eigenvalue weighted by Gasteiger charge is 2.55. The first kappa shape index (κ1) is 33.3. The van der Waals surface area contributed by atoms with E-state index in [0.717, 1.165) is 43.2 Å². The maximum absolute atomic E-state index is 7.00. The van der Waals surface area contributed by atoms with Crippen LogP contribution in [0.2, 0.25) is 0 Å². The third-order valence-corrected chi connectivity index (χ3v) is 9.43. The third kappa shape index (κ3) is 8.38. The Morgan fingerprint density at radius 2 is 1.55 bits per heavy atom. The van der Waals surface area contributed by atoms with E-state index in [0.29, 0.717) is 25.7 Å². The topological polar surface area (TPSA) is 64.6 Å². The van der Waals surface area contributed by atoms with Gasteiger partial charge in [-0.05, 0) is 43.7 Å². The summed E-state index contributed by atoms with van der Waals surface area (Å²) in [6, 6.07) is 20.6. The third-order valence-electron chi connectivity index (χ3n) is 9.43. The molecule has 0 aromatic heterocycles. The van der Waals surface area contributed by atoms with Gasteiger partial charge in [-0.15, -0.1) is 6.58 Å². The summed E-state index contributed by atoms with van der Waals surface area (Å²) in [4.78, 5) is 0. The summed E-state index contributed by atoms with van der Waals surface area (Å²) in [6.45, 7) is 13.9. The molecule has 5 rings (SSSR count). The van der Waals surface area contributed by atoms with Crippen molar-refractivity contribution < 1.29 is 33.2 Å². The lowest BCUT2D eigenvalue weighted by Crippen LogP contribution is -2.59. The fourth-order valence-electron chi connectivity index (χ4n) is 6.80. The Balaban J connectivity index is 1.29. The van der Waals surface area contributed by atoms with Crippen LogP contribution in [-0.2, 0) is 46.4 Å². The van der Waals surface area contributed by atoms with Gasteiger partial charge < -0.3 is 33.2 Å². The Hall–Kier alpha value is -2.10. The molecule has 7 nitrogen and oxygen atoms in total. The summed E-state index contributed by atoms with van der Waals surface area (Å²) in [6.07, 6.45) is 4.99. The van der Waals surface area contributed by atoms with Gasteiger partial charge in [0.15, 0.2) is 11.6 Å². The van der Waals surface area contributed by atoms with Gasteiger partial charge in [0.05, 0.1) is 44.2 Å². The molecular formula is C37H52O7. The van der Waals surface area contributed by atoms with Crippen LogP contribution in [0.3, 0.4) is 0 Å². The zero-order valence-corrected chi connectivity index (χ0v) is 27.2. The van der Waals surface area contributed by atoms with Crippen molar-refractivity contribution in [1.29, 1.82) is 0 Å². The summed E-state index contributed by atoms with van der Waals surface area (Å²) < 4.78 is 45.5. The molecule has 3 aliphatic heterocycles. The fraction of sp³-hybridized carbons (Fsp3) is 0.622. The Labute approximate surface area is 264 Å². The smallest absolute Gasteiger partial charge is 0.169 e. The first-order valence-electron chi connectivity index (χ1n) is 16.3. The van der Waals surface area contributed by atoms with Gasteiger partial charge in [0.2, 0.25) is 0 Å². The average molecular weight is 609 g/mol. The van der Waals surface area contributed by atoms with Crippen LogP contribution in [0.15, 0.2) is 73.3 Å². The van der Waals surface area contributed by atoms with Gasteiger partial charge in [0.25, 0.3) is 0 Å². The number of benzene rings is 2. The summed E-state index contributed by atoms with van der Waals surface area (Å²) in [5.74, 6) is -0.964. The predicted octanol–water partition coefficient (Wildman–Crippen LogP) is 7.23. The number of methoxy groups -OCH3 is 1. The average Bonchev–Trinajstić information content (AvgIpc) is 3.37. The highest BCUT2D eigenvalue weighted by Crippen LogP contribution is 2.46. The van der Waals surface area contributed by atoms with Gasteiger partial charge in [0, 0.05) is 32.3 Å². The molecule has 0 unspecified atom stereocenters. The van der Waals surface area contributed by atoms with Crippen molar-refractivity contribution in [2.24, 2.45) is 11.8 Å². The van der Waals surface area contributed by atoms with Gasteiger partial charge in [0.1, 0.15) is 12.2 Å². The molecule has 3 aliphatic rings. The van der Waals surface area contributed by atoms with Crippen molar-refractivity contribution in [2.75, 3.05) is 13.7 Å². The van der Waals surface area contributed by atoms with Crippen LogP contribution in [-0.4, -0.2) is 61.9 Å². The van der Waals surface area contributed by atoms with Gasteiger partial charge in [-0.1, -0.05) is 80.6 Å². The van der Waals surface area contributed by atoms with E-state index in [9.17, 15) is 0 Å². The van der Waals surface area contributed by atoms with E-state index in [1.807, 2.05) is 56.3 Å². The molecule has 44 heavy (non-hydrogen) atoms. The number of rotatable bonds is 13. The van der Waals surface area contributed by atoms with Gasteiger partial charge in [-0.2, -0.15) is 0 Å². The predicted molar refractivity (Wildman–Crippen MR) is 170 cm³/mol. The van der Waals surface area contributed by atoms with Crippen LogP contribution in [0.1, 0.15) is 70.9 Å². The van der Waals surface area contributed by atoms with Crippen molar-refractivity contribution in [3.63, 3.8) is 0 Å². The quantitative estimate of drug-likeness (QED) is 0.222. The second kappa shape index (κ2) is 15.0. The molecule has 1 spiro atoms. The molecule has 3 fully saturated rings. The monoisotopic (exact) mass is 608 g/mol. The molecule has 0 amide bonds. The minimum Gasteiger partial charge on any atom is -0.379 e. The lowest BCUT2D eigenvalue weighted by atomic mass is 9.83. The van der Waals surface area contributed by atoms with Crippen molar-refractivity contribution in [2.45, 2.75) is 121 Å². The largest absolute Gasteiger partial charge is 0.379 e. The lowest BCUT2D eigenvalue weighted by Gasteiger charge is -2.51. The van der Waals surface area contributed by atoms with E-state index in [4.69, 9.17) is 33.2 Å². The van der Waals surface area contributed by atoms with Gasteiger partial charge >= 0.3 is 0 Å². The summed E-state index contributed by atoms with van der Waals surface area (Å²) in [5.41, 5.74) is 2.29. The Morgan fingerprint density at radius 1 is 0.886 bits per heavy atom. The molecular weight excluding hydrogens is 556 g/mol. The number of ether oxygens (including phenoxy) is 7. The van der Waals surface area contributed by atoms with Crippen molar-refractivity contribution in [1.82, 2.24) is 0 Å². The molecule has 0 aliphatic carbocycles. The van der Waals surface area contributed by atoms with Gasteiger partial charge in [-0.25, -0.2) is 0 Å². The SMILES string of the molecule is C=C[C@H](C)[C@@H]1OC(C)(C)O[C@@H]1[C@H]1O[C@]2(CC[C@@H]1OC)CC[C@H](C)[C@@H](C[C@H](COCc1ccccc1)OCc1ccccc1)O2. The molecule has 9 atom stereocenters. The van der Waals surface area contributed by atoms with Crippen molar-refractivity contribution >= 4 is 0 Å². The van der Waals surface area contributed by atoms with Crippen LogP contribution >= 0.6 is 0 Å². The molecule has 3 saturated heterocycles. The van der Waals surface area contributed by atoms with Crippen LogP contribution in [0.5, 0.6) is 0 Å². The van der Waals surface area contributed by atoms with E-state index in [1.165, 1.54) is 0 Å². The minimum absolute atomic E-state index is 0.0373. The molecule has 2 aromatic rings. The maximum Gasteiger partial charge on any atom is 0.169 e. The van der Waals surface area contributed by atoms with E-state index in [-0.39, 0.29) is 42.5 Å². The molecule has 0 N–H and O–H groups in total. The first-order valence-corrected chi connectivity index (χ1v) is 16.3. The van der Waals surface area contributed by atoms with Gasteiger partial charge in [-0.3, -0.25) is 0 Å². The van der Waals surface area contributed by atoms with Crippen molar-refractivity contribution in [3.05, 3.63) is 84.4 Å². The highest BCUT2D eigenvalue weighted by molar-refractivity contribution is 5.14. The number of hydrogen-bond acceptors (Lipinski definition) is 7. The summed E-state index contributed by atoms with van der Waals surface area (Å²) >= 11 is 0. The van der Waals surface area contributed by atoms with E-state index < -0.39 is 11.6 Å². The van der Waals surface area contributed by atoms with E-state index >= 15 is 0 Å². The summed E-state index contributed by atoms with van der Waals surface area (Å²) in [5, 5.41) is 0. The van der Waals surface area contributed by atoms with Crippen LogP contribution in [0, 0.1) is 11.8 Å².